The number of phenols is 1. The Hall–Kier alpha value is -3.54. The molecule has 2 aromatic carbocycles. The fraction of sp³-hybridized carbons (Fsp3) is 0.100. The van der Waals surface area contributed by atoms with Gasteiger partial charge in [-0.15, -0.1) is 0 Å². The lowest BCUT2D eigenvalue weighted by atomic mass is 10.2. The Balaban J connectivity index is 2.08. The highest BCUT2D eigenvalue weighted by Crippen LogP contribution is 2.12. The number of hydrogen-bond donors (Lipinski definition) is 2. The summed E-state index contributed by atoms with van der Waals surface area (Å²) in [4.78, 5) is 19.5. The number of hydrogen-bond acceptors (Lipinski definition) is 5. The molecule has 132 valence electrons. The second-order valence-corrected chi connectivity index (χ2v) is 5.53. The lowest BCUT2D eigenvalue weighted by Gasteiger charge is -2.02. The standard InChI is InChI=1S/C20H18N2O4/c1-25-16-9-5-14(6-10-16)12-18-20(26-2)22-17(19(24)21-18)11-13-3-7-15(23)8-4-13/h3-12,23H,1-2H3,(H,21,24)/b17-11-,18-12-. The zero-order valence-corrected chi connectivity index (χ0v) is 14.4. The van der Waals surface area contributed by atoms with Crippen molar-refractivity contribution in [3.63, 3.8) is 0 Å². The molecule has 0 atom stereocenters. The molecule has 0 saturated heterocycles. The van der Waals surface area contributed by atoms with Crippen molar-refractivity contribution in [2.75, 3.05) is 14.2 Å². The lowest BCUT2D eigenvalue weighted by molar-refractivity contribution is 0.389. The number of aromatic amines is 1. The van der Waals surface area contributed by atoms with Crippen molar-refractivity contribution in [1.29, 1.82) is 0 Å². The van der Waals surface area contributed by atoms with Crippen LogP contribution >= 0.6 is 0 Å². The van der Waals surface area contributed by atoms with Gasteiger partial charge < -0.3 is 19.6 Å². The van der Waals surface area contributed by atoms with E-state index in [2.05, 4.69) is 9.97 Å². The molecule has 26 heavy (non-hydrogen) atoms. The van der Waals surface area contributed by atoms with Crippen LogP contribution in [0.1, 0.15) is 11.1 Å². The fourth-order valence-electron chi connectivity index (χ4n) is 2.41. The van der Waals surface area contributed by atoms with E-state index in [1.807, 2.05) is 24.3 Å². The Morgan fingerprint density at radius 3 is 2.15 bits per heavy atom. The molecule has 0 unspecified atom stereocenters. The van der Waals surface area contributed by atoms with Crippen LogP contribution in [0.2, 0.25) is 0 Å². The third kappa shape index (κ3) is 3.92. The van der Waals surface area contributed by atoms with E-state index in [-0.39, 0.29) is 16.7 Å². The topological polar surface area (TPSA) is 84.4 Å². The van der Waals surface area contributed by atoms with Crippen molar-refractivity contribution in [2.24, 2.45) is 0 Å². The number of nitrogens with zero attached hydrogens (tertiary/aromatic N) is 1. The molecule has 0 aliphatic heterocycles. The van der Waals surface area contributed by atoms with Crippen LogP contribution in [0.3, 0.4) is 0 Å². The molecule has 6 heteroatoms. The summed E-state index contributed by atoms with van der Waals surface area (Å²) in [5.41, 5.74) is 1.28. The molecule has 0 spiro atoms. The van der Waals surface area contributed by atoms with Gasteiger partial charge in [-0.2, -0.15) is 0 Å². The highest BCUT2D eigenvalue weighted by atomic mass is 16.5. The maximum Gasteiger partial charge on any atom is 0.274 e. The van der Waals surface area contributed by atoms with Crippen molar-refractivity contribution in [2.45, 2.75) is 0 Å². The summed E-state index contributed by atoms with van der Waals surface area (Å²) in [6.45, 7) is 0. The average Bonchev–Trinajstić information content (AvgIpc) is 2.66. The SMILES string of the molecule is COc1ccc(/C=c2\[nH]c(=O)/c(=C/c3ccc(O)cc3)nc2OC)cc1. The minimum Gasteiger partial charge on any atom is -0.508 e. The van der Waals surface area contributed by atoms with E-state index < -0.39 is 0 Å². The summed E-state index contributed by atoms with van der Waals surface area (Å²) in [7, 11) is 3.10. The molecule has 3 aromatic rings. The molecule has 3 rings (SSSR count). The summed E-state index contributed by atoms with van der Waals surface area (Å²) in [6.07, 6.45) is 3.40. The van der Waals surface area contributed by atoms with Gasteiger partial charge in [0.2, 0.25) is 5.88 Å². The first kappa shape index (κ1) is 17.3. The van der Waals surface area contributed by atoms with E-state index in [1.165, 1.54) is 7.11 Å². The Morgan fingerprint density at radius 1 is 0.923 bits per heavy atom. The second-order valence-electron chi connectivity index (χ2n) is 5.53. The number of nitrogens with one attached hydrogen (secondary N) is 1. The molecule has 0 aliphatic rings. The maximum atomic E-state index is 12.4. The smallest absolute Gasteiger partial charge is 0.274 e. The average molecular weight is 350 g/mol. The summed E-state index contributed by atoms with van der Waals surface area (Å²) < 4.78 is 10.5. The molecule has 0 radical (unpaired) electrons. The summed E-state index contributed by atoms with van der Waals surface area (Å²) in [5, 5.41) is 10.0. The van der Waals surface area contributed by atoms with Crippen LogP contribution in [0.15, 0.2) is 53.3 Å². The zero-order chi connectivity index (χ0) is 18.5. The summed E-state index contributed by atoms with van der Waals surface area (Å²) in [5.74, 6) is 1.22. The largest absolute Gasteiger partial charge is 0.508 e. The number of methoxy groups -OCH3 is 2. The number of ether oxygens (including phenoxy) is 2. The predicted octanol–water partition coefficient (Wildman–Crippen LogP) is 1.15. The molecular weight excluding hydrogens is 332 g/mol. The number of benzene rings is 2. The van der Waals surface area contributed by atoms with Crippen LogP contribution in [0.25, 0.3) is 12.2 Å². The van der Waals surface area contributed by atoms with Crippen molar-refractivity contribution in [1.82, 2.24) is 9.97 Å². The zero-order valence-electron chi connectivity index (χ0n) is 14.4. The molecule has 0 saturated carbocycles. The monoisotopic (exact) mass is 350 g/mol. The molecule has 0 fully saturated rings. The molecule has 0 amide bonds. The van der Waals surface area contributed by atoms with Crippen LogP contribution in [0, 0.1) is 0 Å². The number of H-pyrrole nitrogens is 1. The number of rotatable bonds is 4. The van der Waals surface area contributed by atoms with Gasteiger partial charge in [-0.1, -0.05) is 24.3 Å². The van der Waals surface area contributed by atoms with Gasteiger partial charge in [0.15, 0.2) is 0 Å². The van der Waals surface area contributed by atoms with Gasteiger partial charge in [0, 0.05) is 0 Å². The van der Waals surface area contributed by atoms with Crippen molar-refractivity contribution in [3.05, 3.63) is 80.7 Å². The minimum absolute atomic E-state index is 0.158. The van der Waals surface area contributed by atoms with Gasteiger partial charge in [0.1, 0.15) is 22.2 Å². The van der Waals surface area contributed by atoms with Gasteiger partial charge in [-0.25, -0.2) is 4.98 Å². The first-order chi connectivity index (χ1) is 12.6. The van der Waals surface area contributed by atoms with Crippen LogP contribution in [0.4, 0.5) is 0 Å². The van der Waals surface area contributed by atoms with E-state index >= 15 is 0 Å². The van der Waals surface area contributed by atoms with Gasteiger partial charge in [0.05, 0.1) is 14.2 Å². The van der Waals surface area contributed by atoms with Crippen LogP contribution < -0.4 is 25.7 Å². The molecule has 6 nitrogen and oxygen atoms in total. The third-order valence-electron chi connectivity index (χ3n) is 3.75. The Kier molecular flexibility index (Phi) is 5.03. The third-order valence-corrected chi connectivity index (χ3v) is 3.75. The Bertz CT molecular complexity index is 1070. The van der Waals surface area contributed by atoms with E-state index in [0.717, 1.165) is 16.9 Å². The minimum atomic E-state index is -0.335. The van der Waals surface area contributed by atoms with Crippen molar-refractivity contribution >= 4 is 12.2 Å². The molecular formula is C20H18N2O4. The van der Waals surface area contributed by atoms with E-state index in [1.54, 1.807) is 43.5 Å². The van der Waals surface area contributed by atoms with Gasteiger partial charge >= 0.3 is 0 Å². The Morgan fingerprint density at radius 2 is 1.54 bits per heavy atom. The predicted molar refractivity (Wildman–Crippen MR) is 98.9 cm³/mol. The van der Waals surface area contributed by atoms with E-state index in [9.17, 15) is 9.90 Å². The van der Waals surface area contributed by atoms with Gasteiger partial charge in [0.25, 0.3) is 5.56 Å². The van der Waals surface area contributed by atoms with Gasteiger partial charge in [-0.05, 0) is 47.5 Å². The fourth-order valence-corrected chi connectivity index (χ4v) is 2.41. The Labute approximate surface area is 149 Å². The molecule has 0 aliphatic carbocycles. The van der Waals surface area contributed by atoms with E-state index in [4.69, 9.17) is 9.47 Å². The summed E-state index contributed by atoms with van der Waals surface area (Å²) >= 11 is 0. The van der Waals surface area contributed by atoms with Crippen LogP contribution in [-0.4, -0.2) is 29.3 Å². The van der Waals surface area contributed by atoms with Crippen molar-refractivity contribution < 1.29 is 14.6 Å². The highest BCUT2D eigenvalue weighted by Gasteiger charge is 2.02. The number of aromatic nitrogens is 2. The van der Waals surface area contributed by atoms with Crippen LogP contribution in [-0.2, 0) is 0 Å². The number of phenolic OH excluding ortho intramolecular Hbond substituents is 1. The highest BCUT2D eigenvalue weighted by molar-refractivity contribution is 5.52. The summed E-state index contributed by atoms with van der Waals surface area (Å²) in [6, 6.07) is 13.9. The van der Waals surface area contributed by atoms with E-state index in [0.29, 0.717) is 11.2 Å². The number of aromatic hydroxyl groups is 1. The molecule has 0 bridgehead atoms. The quantitative estimate of drug-likeness (QED) is 0.737. The second kappa shape index (κ2) is 7.57. The van der Waals surface area contributed by atoms with Crippen LogP contribution in [0.5, 0.6) is 17.4 Å². The molecule has 1 aromatic heterocycles. The lowest BCUT2D eigenvalue weighted by Crippen LogP contribution is -2.37. The first-order valence-corrected chi connectivity index (χ1v) is 7.90. The van der Waals surface area contributed by atoms with Gasteiger partial charge in [-0.3, -0.25) is 4.79 Å². The molecule has 2 N–H and O–H groups in total. The van der Waals surface area contributed by atoms with Crippen molar-refractivity contribution in [3.8, 4) is 17.4 Å². The first-order valence-electron chi connectivity index (χ1n) is 7.90. The normalized spacial score (nSPS) is 12.2. The maximum absolute atomic E-state index is 12.4. The molecule has 1 heterocycles.